The average Bonchev–Trinajstić information content (AvgIpc) is 2.63. The maximum absolute atomic E-state index is 8.89. The Morgan fingerprint density at radius 3 is 3.15 bits per heavy atom. The van der Waals surface area contributed by atoms with E-state index in [0.717, 1.165) is 5.39 Å². The number of nitrogens with zero attached hydrogens (tertiary/aromatic N) is 2. The zero-order valence-electron chi connectivity index (χ0n) is 7.03. The summed E-state index contributed by atoms with van der Waals surface area (Å²) in [7, 11) is 1.52. The summed E-state index contributed by atoms with van der Waals surface area (Å²) >= 11 is 0. The van der Waals surface area contributed by atoms with E-state index < -0.39 is 0 Å². The summed E-state index contributed by atoms with van der Waals surface area (Å²) in [6.07, 6.45) is 3.29. The monoisotopic (exact) mass is 173 g/mol. The molecule has 0 aromatic carbocycles. The molecule has 2 aromatic rings. The number of nitrogens with one attached hydrogen (secondary N) is 1. The highest BCUT2D eigenvalue weighted by atomic mass is 16.5. The molecule has 0 amide bonds. The van der Waals surface area contributed by atoms with Crippen LogP contribution in [0.5, 0.6) is 5.75 Å². The quantitative estimate of drug-likeness (QED) is 0.709. The highest BCUT2D eigenvalue weighted by Crippen LogP contribution is 2.23. The summed E-state index contributed by atoms with van der Waals surface area (Å²) in [6.45, 7) is 0. The fourth-order valence-electron chi connectivity index (χ4n) is 1.26. The minimum absolute atomic E-state index is 0.509. The first-order chi connectivity index (χ1) is 6.36. The molecule has 2 aromatic heterocycles. The fraction of sp³-hybridized carbons (Fsp3) is 0.111. The molecule has 0 aliphatic heterocycles. The van der Waals surface area contributed by atoms with Crippen molar-refractivity contribution in [2.45, 2.75) is 0 Å². The van der Waals surface area contributed by atoms with Gasteiger partial charge in [-0.1, -0.05) is 0 Å². The largest absolute Gasteiger partial charge is 0.494 e. The number of aromatic amines is 1. The van der Waals surface area contributed by atoms with Crippen molar-refractivity contribution >= 4 is 11.0 Å². The Labute approximate surface area is 74.8 Å². The Kier molecular flexibility index (Phi) is 1.64. The van der Waals surface area contributed by atoms with Crippen molar-refractivity contribution in [1.82, 2.24) is 9.97 Å². The lowest BCUT2D eigenvalue weighted by Crippen LogP contribution is -1.90. The van der Waals surface area contributed by atoms with E-state index in [9.17, 15) is 0 Å². The van der Waals surface area contributed by atoms with E-state index in [-0.39, 0.29) is 0 Å². The van der Waals surface area contributed by atoms with Crippen LogP contribution in [-0.4, -0.2) is 17.1 Å². The third-order valence-corrected chi connectivity index (χ3v) is 1.88. The normalized spacial score (nSPS) is 9.85. The van der Waals surface area contributed by atoms with Crippen molar-refractivity contribution in [3.05, 3.63) is 24.0 Å². The molecule has 2 heterocycles. The molecule has 13 heavy (non-hydrogen) atoms. The predicted octanol–water partition coefficient (Wildman–Crippen LogP) is 1.44. The highest BCUT2D eigenvalue weighted by Gasteiger charge is 2.08. The van der Waals surface area contributed by atoms with Gasteiger partial charge in [0.25, 0.3) is 0 Å². The molecule has 4 heteroatoms. The molecule has 0 saturated heterocycles. The highest BCUT2D eigenvalue weighted by molar-refractivity contribution is 5.84. The van der Waals surface area contributed by atoms with Crippen molar-refractivity contribution in [3.8, 4) is 11.8 Å². The van der Waals surface area contributed by atoms with Gasteiger partial charge >= 0.3 is 0 Å². The average molecular weight is 173 g/mol. The maximum Gasteiger partial charge on any atom is 0.155 e. The van der Waals surface area contributed by atoms with Crippen LogP contribution in [0, 0.1) is 11.3 Å². The third kappa shape index (κ3) is 1.02. The summed E-state index contributed by atoms with van der Waals surface area (Å²) < 4.78 is 5.01. The van der Waals surface area contributed by atoms with Gasteiger partial charge in [-0.05, 0) is 6.07 Å². The number of rotatable bonds is 1. The van der Waals surface area contributed by atoms with Crippen molar-refractivity contribution < 1.29 is 4.74 Å². The first-order valence-corrected chi connectivity index (χ1v) is 3.77. The van der Waals surface area contributed by atoms with Crippen LogP contribution in [-0.2, 0) is 0 Å². The molecule has 0 atom stereocenters. The zero-order valence-corrected chi connectivity index (χ0v) is 7.03. The lowest BCUT2D eigenvalue weighted by molar-refractivity contribution is 0.412. The molecular formula is C9H7N3O. The van der Waals surface area contributed by atoms with Gasteiger partial charge in [-0.3, -0.25) is 0 Å². The standard InChI is InChI=1S/C9H7N3O/c1-13-8-5-12-9-6(2-3-11-9)7(8)4-10/h2-3,5H,1H3,(H,11,12). The van der Waals surface area contributed by atoms with Gasteiger partial charge < -0.3 is 9.72 Å². The summed E-state index contributed by atoms with van der Waals surface area (Å²) in [5, 5.41) is 9.69. The molecule has 0 saturated carbocycles. The molecule has 0 fully saturated rings. The van der Waals surface area contributed by atoms with E-state index in [1.54, 1.807) is 6.20 Å². The lowest BCUT2D eigenvalue weighted by atomic mass is 10.2. The second-order valence-corrected chi connectivity index (χ2v) is 2.55. The molecule has 4 nitrogen and oxygen atoms in total. The topological polar surface area (TPSA) is 61.7 Å². The molecule has 0 spiro atoms. The van der Waals surface area contributed by atoms with E-state index >= 15 is 0 Å². The Morgan fingerprint density at radius 1 is 1.62 bits per heavy atom. The second kappa shape index (κ2) is 2.79. The number of H-pyrrole nitrogens is 1. The van der Waals surface area contributed by atoms with Gasteiger partial charge in [0.2, 0.25) is 0 Å². The number of aromatic nitrogens is 2. The van der Waals surface area contributed by atoms with Crippen LogP contribution in [0.4, 0.5) is 0 Å². The molecule has 0 aliphatic carbocycles. The van der Waals surface area contributed by atoms with Crippen LogP contribution in [0.3, 0.4) is 0 Å². The molecule has 0 unspecified atom stereocenters. The van der Waals surface area contributed by atoms with Crippen molar-refractivity contribution in [3.63, 3.8) is 0 Å². The van der Waals surface area contributed by atoms with Gasteiger partial charge in [0, 0.05) is 11.6 Å². The Bertz CT molecular complexity index is 481. The molecular weight excluding hydrogens is 166 g/mol. The van der Waals surface area contributed by atoms with E-state index in [2.05, 4.69) is 16.0 Å². The predicted molar refractivity (Wildman–Crippen MR) is 47.4 cm³/mol. The smallest absolute Gasteiger partial charge is 0.155 e. The van der Waals surface area contributed by atoms with Crippen molar-refractivity contribution in [1.29, 1.82) is 5.26 Å². The van der Waals surface area contributed by atoms with E-state index in [1.165, 1.54) is 13.3 Å². The Balaban J connectivity index is 2.84. The van der Waals surface area contributed by atoms with Crippen LogP contribution in [0.1, 0.15) is 5.56 Å². The summed E-state index contributed by atoms with van der Waals surface area (Å²) in [4.78, 5) is 7.02. The number of ether oxygens (including phenoxy) is 1. The second-order valence-electron chi connectivity index (χ2n) is 2.55. The van der Waals surface area contributed by atoms with Crippen LogP contribution in [0.25, 0.3) is 11.0 Å². The molecule has 0 aliphatic rings. The van der Waals surface area contributed by atoms with E-state index in [0.29, 0.717) is 17.0 Å². The number of fused-ring (bicyclic) bond motifs is 1. The molecule has 1 N–H and O–H groups in total. The Morgan fingerprint density at radius 2 is 2.46 bits per heavy atom. The number of pyridine rings is 1. The number of hydrogen-bond acceptors (Lipinski definition) is 3. The summed E-state index contributed by atoms with van der Waals surface area (Å²) in [6, 6.07) is 3.90. The van der Waals surface area contributed by atoms with E-state index in [1.807, 2.05) is 6.07 Å². The van der Waals surface area contributed by atoms with Gasteiger partial charge in [0.15, 0.2) is 5.75 Å². The summed E-state index contributed by atoms with van der Waals surface area (Å²) in [5.74, 6) is 0.509. The van der Waals surface area contributed by atoms with Crippen molar-refractivity contribution in [2.24, 2.45) is 0 Å². The zero-order chi connectivity index (χ0) is 9.26. The van der Waals surface area contributed by atoms with Gasteiger partial charge in [0.05, 0.1) is 13.3 Å². The summed E-state index contributed by atoms with van der Waals surface area (Å²) in [5.41, 5.74) is 1.23. The van der Waals surface area contributed by atoms with Gasteiger partial charge in [-0.25, -0.2) is 4.98 Å². The SMILES string of the molecule is COc1cnc2[nH]ccc2c1C#N. The first kappa shape index (κ1) is 7.62. The minimum atomic E-state index is 0.509. The first-order valence-electron chi connectivity index (χ1n) is 3.77. The van der Waals surface area contributed by atoms with Crippen LogP contribution in [0.2, 0.25) is 0 Å². The van der Waals surface area contributed by atoms with Crippen LogP contribution >= 0.6 is 0 Å². The Hall–Kier alpha value is -2.02. The van der Waals surface area contributed by atoms with Crippen molar-refractivity contribution in [2.75, 3.05) is 7.11 Å². The van der Waals surface area contributed by atoms with Gasteiger partial charge in [-0.15, -0.1) is 0 Å². The minimum Gasteiger partial charge on any atom is -0.494 e. The fourth-order valence-corrected chi connectivity index (χ4v) is 1.26. The maximum atomic E-state index is 8.89. The number of hydrogen-bond donors (Lipinski definition) is 1. The third-order valence-electron chi connectivity index (χ3n) is 1.88. The number of nitriles is 1. The van der Waals surface area contributed by atoms with Gasteiger partial charge in [-0.2, -0.15) is 5.26 Å². The molecule has 0 bridgehead atoms. The van der Waals surface area contributed by atoms with E-state index in [4.69, 9.17) is 10.00 Å². The van der Waals surface area contributed by atoms with Gasteiger partial charge in [0.1, 0.15) is 17.3 Å². The lowest BCUT2D eigenvalue weighted by Gasteiger charge is -2.01. The molecule has 0 radical (unpaired) electrons. The number of methoxy groups -OCH3 is 1. The van der Waals surface area contributed by atoms with Crippen LogP contribution < -0.4 is 4.74 Å². The molecule has 64 valence electrons. The van der Waals surface area contributed by atoms with Crippen LogP contribution in [0.15, 0.2) is 18.5 Å². The molecule has 2 rings (SSSR count).